The molecule has 1 atom stereocenters. The van der Waals surface area contributed by atoms with E-state index in [2.05, 4.69) is 50.6 Å². The molecule has 0 aliphatic carbocycles. The van der Waals surface area contributed by atoms with E-state index in [4.69, 9.17) is 23.7 Å². The van der Waals surface area contributed by atoms with Gasteiger partial charge in [-0.05, 0) is 25.1 Å². The molecule has 42 heavy (non-hydrogen) atoms. The Bertz CT molecular complexity index is 898. The van der Waals surface area contributed by atoms with Crippen LogP contribution in [0.4, 0.5) is 5.69 Å². The average molecular weight is 630 g/mol. The molecule has 0 aliphatic rings. The first-order valence-corrected chi connectivity index (χ1v) is 16.6. The van der Waals surface area contributed by atoms with Crippen LogP contribution < -0.4 is 20.7 Å². The van der Waals surface area contributed by atoms with E-state index >= 15 is 0 Å². The fraction of sp³-hybridized carbons (Fsp3) is 0.667. The molecule has 0 saturated heterocycles. The van der Waals surface area contributed by atoms with Gasteiger partial charge in [0.25, 0.3) is 0 Å². The van der Waals surface area contributed by atoms with Gasteiger partial charge >= 0.3 is 0 Å². The van der Waals surface area contributed by atoms with Gasteiger partial charge in [-0.2, -0.15) is 0 Å². The van der Waals surface area contributed by atoms with Crippen molar-refractivity contribution in [1.29, 1.82) is 0 Å². The summed E-state index contributed by atoms with van der Waals surface area (Å²) in [6.07, 6.45) is 4.22. The number of carbonyl (C=O) groups is 2. The van der Waals surface area contributed by atoms with Gasteiger partial charge in [-0.25, -0.2) is 0 Å². The first kappa shape index (κ1) is 38.2. The molecule has 1 aromatic rings. The Labute approximate surface area is 260 Å². The van der Waals surface area contributed by atoms with Crippen LogP contribution in [0.3, 0.4) is 0 Å². The van der Waals surface area contributed by atoms with Gasteiger partial charge in [0.1, 0.15) is 24.4 Å². The number of anilines is 1. The maximum absolute atomic E-state index is 12.3. The number of hydrogen-bond donors (Lipinski definition) is 3. The summed E-state index contributed by atoms with van der Waals surface area (Å²) in [6, 6.07) is 7.26. The highest BCUT2D eigenvalue weighted by molar-refractivity contribution is 8.77. The molecule has 3 N–H and O–H groups in total. The predicted molar refractivity (Wildman–Crippen MR) is 173 cm³/mol. The molecule has 0 saturated carbocycles. The van der Waals surface area contributed by atoms with Crippen LogP contribution in [-0.4, -0.2) is 95.0 Å². The summed E-state index contributed by atoms with van der Waals surface area (Å²) in [5.74, 6) is 0.775. The Morgan fingerprint density at radius 1 is 0.976 bits per heavy atom. The van der Waals surface area contributed by atoms with E-state index in [9.17, 15) is 9.59 Å². The van der Waals surface area contributed by atoms with Crippen molar-refractivity contribution in [3.63, 3.8) is 0 Å². The predicted octanol–water partition coefficient (Wildman–Crippen LogP) is 4.51. The summed E-state index contributed by atoms with van der Waals surface area (Å²) >= 11 is 0. The molecule has 0 fully saturated rings. The number of nitrogens with one attached hydrogen (secondary N) is 3. The Morgan fingerprint density at radius 2 is 1.71 bits per heavy atom. The van der Waals surface area contributed by atoms with Gasteiger partial charge in [-0.15, -0.1) is 0 Å². The van der Waals surface area contributed by atoms with Crippen LogP contribution in [0.25, 0.3) is 0 Å². The highest BCUT2D eigenvalue weighted by Crippen LogP contribution is 2.38. The first-order valence-electron chi connectivity index (χ1n) is 14.4. The monoisotopic (exact) mass is 629 g/mol. The second-order valence-electron chi connectivity index (χ2n) is 10.6. The van der Waals surface area contributed by atoms with Crippen LogP contribution >= 0.6 is 21.6 Å². The molecular formula is C30H51N3O7S2. The Kier molecular flexibility index (Phi) is 21.5. The van der Waals surface area contributed by atoms with Gasteiger partial charge in [0.2, 0.25) is 11.8 Å². The van der Waals surface area contributed by atoms with Crippen molar-refractivity contribution < 1.29 is 33.3 Å². The van der Waals surface area contributed by atoms with E-state index in [1.807, 2.05) is 37.4 Å². The minimum Gasteiger partial charge on any atom is -0.490 e. The largest absolute Gasteiger partial charge is 0.490 e. The molecule has 1 aromatic carbocycles. The van der Waals surface area contributed by atoms with E-state index in [1.165, 1.54) is 0 Å². The molecular weight excluding hydrogens is 578 g/mol. The number of rotatable bonds is 24. The minimum atomic E-state index is -0.259. The topological polar surface area (TPSA) is 116 Å². The lowest BCUT2D eigenvalue weighted by molar-refractivity contribution is -0.126. The summed E-state index contributed by atoms with van der Waals surface area (Å²) in [7, 11) is 5.17. The van der Waals surface area contributed by atoms with E-state index < -0.39 is 0 Å². The van der Waals surface area contributed by atoms with Gasteiger partial charge in [-0.3, -0.25) is 9.59 Å². The zero-order chi connectivity index (χ0) is 31.1. The van der Waals surface area contributed by atoms with Gasteiger partial charge in [0, 0.05) is 29.6 Å². The van der Waals surface area contributed by atoms with E-state index in [0.29, 0.717) is 70.1 Å². The normalized spacial score (nSPS) is 12.5. The van der Waals surface area contributed by atoms with Crippen LogP contribution in [0, 0.1) is 5.92 Å². The van der Waals surface area contributed by atoms with Crippen LogP contribution in [0.15, 0.2) is 36.4 Å². The summed E-state index contributed by atoms with van der Waals surface area (Å²) < 4.78 is 28.4. The Morgan fingerprint density at radius 3 is 2.43 bits per heavy atom. The van der Waals surface area contributed by atoms with Gasteiger partial charge < -0.3 is 39.6 Å². The molecule has 0 spiro atoms. The smallest absolute Gasteiger partial charge is 0.246 e. The number of ether oxygens (including phenoxy) is 5. The maximum Gasteiger partial charge on any atom is 0.246 e. The van der Waals surface area contributed by atoms with E-state index in [-0.39, 0.29) is 35.0 Å². The van der Waals surface area contributed by atoms with Crippen molar-refractivity contribution in [3.8, 4) is 5.75 Å². The molecule has 0 radical (unpaired) electrons. The van der Waals surface area contributed by atoms with Crippen LogP contribution in [0.5, 0.6) is 5.75 Å². The Hall–Kier alpha value is -1.80. The van der Waals surface area contributed by atoms with Crippen molar-refractivity contribution in [2.45, 2.75) is 51.2 Å². The summed E-state index contributed by atoms with van der Waals surface area (Å²) in [4.78, 5) is 24.2. The fourth-order valence-electron chi connectivity index (χ4n) is 2.98. The lowest BCUT2D eigenvalue weighted by Crippen LogP contribution is -2.28. The minimum absolute atomic E-state index is 0.0139. The molecule has 1 unspecified atom stereocenters. The maximum atomic E-state index is 12.3. The zero-order valence-electron chi connectivity index (χ0n) is 26.1. The van der Waals surface area contributed by atoms with E-state index in [1.54, 1.807) is 27.7 Å². The van der Waals surface area contributed by atoms with Gasteiger partial charge in [-0.1, -0.05) is 74.4 Å². The van der Waals surface area contributed by atoms with Crippen molar-refractivity contribution in [2.75, 3.05) is 78.3 Å². The first-order chi connectivity index (χ1) is 20.1. The number of benzene rings is 1. The summed E-state index contributed by atoms with van der Waals surface area (Å²) in [6.45, 7) is 14.7. The molecule has 10 nitrogen and oxygen atoms in total. The second-order valence-corrected chi connectivity index (χ2v) is 13.8. The zero-order valence-corrected chi connectivity index (χ0v) is 27.7. The fourth-order valence-corrected chi connectivity index (χ4v) is 5.17. The van der Waals surface area contributed by atoms with Crippen LogP contribution in [0.2, 0.25) is 0 Å². The highest BCUT2D eigenvalue weighted by Gasteiger charge is 2.18. The molecule has 0 heterocycles. The third-order valence-electron chi connectivity index (χ3n) is 4.95. The third kappa shape index (κ3) is 22.8. The quantitative estimate of drug-likeness (QED) is 0.0653. The SMILES string of the molecule is CNCCOCCOCCC(=O)Nc1cccc(OCC(OCCOCC(=O)NC/C=C/C(C)C)SSC(C)(C)C)c1. The van der Waals surface area contributed by atoms with Crippen molar-refractivity contribution in [2.24, 2.45) is 5.92 Å². The molecule has 1 rings (SSSR count). The Balaban J connectivity index is 2.41. The van der Waals surface area contributed by atoms with Gasteiger partial charge in [0.05, 0.1) is 46.1 Å². The molecule has 0 aliphatic heterocycles. The van der Waals surface area contributed by atoms with Crippen molar-refractivity contribution in [3.05, 3.63) is 36.4 Å². The highest BCUT2D eigenvalue weighted by atomic mass is 33.1. The number of carbonyl (C=O) groups excluding carboxylic acids is 2. The third-order valence-corrected chi connectivity index (χ3v) is 8.47. The summed E-state index contributed by atoms with van der Waals surface area (Å²) in [5.41, 5.74) is 0.388. The second kappa shape index (κ2) is 23.6. The standard InChI is InChI=1S/C30H51N3O7S2/c1-24(2)9-8-13-32-28(35)22-38-19-20-39-29(41-42-30(3,4)5)23-40-26-11-7-10-25(21-26)33-27(34)12-15-36-17-18-37-16-14-31-6/h7-11,21,24,29,31H,12-20,22-23H2,1-6H3,(H,32,35)(H,33,34)/b9-8+. The lowest BCUT2D eigenvalue weighted by atomic mass is 10.2. The number of amides is 2. The van der Waals surface area contributed by atoms with Gasteiger partial charge in [0.15, 0.2) is 0 Å². The number of likely N-dealkylation sites (N-methyl/N-ethyl adjacent to an activating group) is 1. The molecule has 12 heteroatoms. The van der Waals surface area contributed by atoms with Crippen molar-refractivity contribution >= 4 is 39.1 Å². The van der Waals surface area contributed by atoms with Crippen molar-refractivity contribution in [1.82, 2.24) is 10.6 Å². The molecule has 0 bridgehead atoms. The number of hydrogen-bond acceptors (Lipinski definition) is 10. The van der Waals surface area contributed by atoms with Crippen LogP contribution in [-0.2, 0) is 28.5 Å². The molecule has 240 valence electrons. The molecule has 2 amide bonds. The van der Waals surface area contributed by atoms with E-state index in [0.717, 1.165) is 6.54 Å². The molecule has 0 aromatic heterocycles. The van der Waals surface area contributed by atoms with Crippen LogP contribution in [0.1, 0.15) is 41.0 Å². The average Bonchev–Trinajstić information content (AvgIpc) is 2.93. The lowest BCUT2D eigenvalue weighted by Gasteiger charge is -2.22. The summed E-state index contributed by atoms with van der Waals surface area (Å²) in [5, 5.41) is 8.68. The number of allylic oxidation sites excluding steroid dienone is 1.